The van der Waals surface area contributed by atoms with Crippen LogP contribution in [0.15, 0.2) is 18.2 Å². The van der Waals surface area contributed by atoms with Crippen LogP contribution in [0.2, 0.25) is 5.02 Å². The SMILES string of the molecule is CC1CCCCN1C(=O)CCN1C(=O)C(C)(C)Oc2ccc(Cl)cc21. The van der Waals surface area contributed by atoms with Crippen molar-refractivity contribution in [2.45, 2.75) is 58.1 Å². The Morgan fingerprint density at radius 3 is 2.84 bits per heavy atom. The summed E-state index contributed by atoms with van der Waals surface area (Å²) < 4.78 is 5.81. The number of halogens is 1. The van der Waals surface area contributed by atoms with Gasteiger partial charge in [-0.2, -0.15) is 0 Å². The molecule has 0 saturated carbocycles. The molecule has 2 amide bonds. The number of hydrogen-bond donors (Lipinski definition) is 0. The van der Waals surface area contributed by atoms with Crippen molar-refractivity contribution in [2.75, 3.05) is 18.0 Å². The van der Waals surface area contributed by atoms with Gasteiger partial charge in [-0.05, 0) is 58.2 Å². The first-order chi connectivity index (χ1) is 11.8. The number of fused-ring (bicyclic) bond motifs is 1. The molecular weight excluding hydrogens is 340 g/mol. The molecule has 1 aromatic carbocycles. The molecule has 0 aliphatic carbocycles. The lowest BCUT2D eigenvalue weighted by Gasteiger charge is -2.39. The highest BCUT2D eigenvalue weighted by Crippen LogP contribution is 2.39. The van der Waals surface area contributed by atoms with Gasteiger partial charge in [0.2, 0.25) is 5.91 Å². The first-order valence-corrected chi connectivity index (χ1v) is 9.27. The Balaban J connectivity index is 1.77. The molecule has 2 aliphatic rings. The number of piperidine rings is 1. The third kappa shape index (κ3) is 3.61. The summed E-state index contributed by atoms with van der Waals surface area (Å²) >= 11 is 6.10. The van der Waals surface area contributed by atoms with Gasteiger partial charge in [-0.15, -0.1) is 0 Å². The zero-order valence-corrected chi connectivity index (χ0v) is 15.8. The van der Waals surface area contributed by atoms with Gasteiger partial charge in [0.1, 0.15) is 5.75 Å². The molecule has 0 N–H and O–H groups in total. The van der Waals surface area contributed by atoms with Gasteiger partial charge < -0.3 is 14.5 Å². The van der Waals surface area contributed by atoms with Gasteiger partial charge in [-0.3, -0.25) is 9.59 Å². The highest BCUT2D eigenvalue weighted by molar-refractivity contribution is 6.31. The standard InChI is InChI=1S/C19H25ClN2O3/c1-13-6-4-5-10-21(13)17(23)9-11-22-15-12-14(20)7-8-16(15)25-19(2,3)18(22)24/h7-8,12-13H,4-6,9-11H2,1-3H3. The van der Waals surface area contributed by atoms with Crippen molar-refractivity contribution in [1.82, 2.24) is 4.90 Å². The zero-order valence-electron chi connectivity index (χ0n) is 15.0. The average molecular weight is 365 g/mol. The minimum atomic E-state index is -0.956. The van der Waals surface area contributed by atoms with Gasteiger partial charge in [-0.1, -0.05) is 11.6 Å². The largest absolute Gasteiger partial charge is 0.476 e. The summed E-state index contributed by atoms with van der Waals surface area (Å²) in [4.78, 5) is 29.0. The molecule has 6 heteroatoms. The Morgan fingerprint density at radius 2 is 2.12 bits per heavy atom. The van der Waals surface area contributed by atoms with Gasteiger partial charge >= 0.3 is 0 Å². The molecule has 5 nitrogen and oxygen atoms in total. The van der Waals surface area contributed by atoms with E-state index in [1.54, 1.807) is 36.9 Å². The lowest BCUT2D eigenvalue weighted by Crippen LogP contribution is -2.53. The Hall–Kier alpha value is -1.75. The third-order valence-electron chi connectivity index (χ3n) is 5.01. The van der Waals surface area contributed by atoms with Crippen molar-refractivity contribution in [3.8, 4) is 5.75 Å². The Bertz CT molecular complexity index is 689. The molecule has 1 atom stereocenters. The lowest BCUT2D eigenvalue weighted by atomic mass is 10.0. The number of likely N-dealkylation sites (tertiary alicyclic amines) is 1. The van der Waals surface area contributed by atoms with Crippen LogP contribution in [0.5, 0.6) is 5.75 Å². The molecule has 1 aromatic rings. The molecule has 2 heterocycles. The quantitative estimate of drug-likeness (QED) is 0.822. The third-order valence-corrected chi connectivity index (χ3v) is 5.24. The number of carbonyl (C=O) groups excluding carboxylic acids is 2. The number of amides is 2. The summed E-state index contributed by atoms with van der Waals surface area (Å²) in [5.41, 5.74) is -0.321. The number of carbonyl (C=O) groups is 2. The second-order valence-corrected chi connectivity index (χ2v) is 7.80. The van der Waals surface area contributed by atoms with E-state index in [0.717, 1.165) is 19.4 Å². The van der Waals surface area contributed by atoms with E-state index in [4.69, 9.17) is 16.3 Å². The summed E-state index contributed by atoms with van der Waals surface area (Å²) in [6.45, 7) is 6.73. The minimum absolute atomic E-state index is 0.105. The highest BCUT2D eigenvalue weighted by Gasteiger charge is 2.41. The second-order valence-electron chi connectivity index (χ2n) is 7.36. The van der Waals surface area contributed by atoms with Crippen molar-refractivity contribution in [1.29, 1.82) is 0 Å². The van der Waals surface area contributed by atoms with Crippen LogP contribution in [0.3, 0.4) is 0 Å². The zero-order chi connectivity index (χ0) is 18.2. The smallest absolute Gasteiger partial charge is 0.270 e. The van der Waals surface area contributed by atoms with Crippen LogP contribution < -0.4 is 9.64 Å². The average Bonchev–Trinajstić information content (AvgIpc) is 2.56. The van der Waals surface area contributed by atoms with Crippen LogP contribution in [0, 0.1) is 0 Å². The molecule has 2 aliphatic heterocycles. The fourth-order valence-corrected chi connectivity index (χ4v) is 3.75. The summed E-state index contributed by atoms with van der Waals surface area (Å²) in [6.07, 6.45) is 3.58. The van der Waals surface area contributed by atoms with Crippen LogP contribution in [-0.4, -0.2) is 41.4 Å². The van der Waals surface area contributed by atoms with Crippen molar-refractivity contribution in [3.05, 3.63) is 23.2 Å². The number of anilines is 1. The topological polar surface area (TPSA) is 49.9 Å². The first-order valence-electron chi connectivity index (χ1n) is 8.89. The monoisotopic (exact) mass is 364 g/mol. The van der Waals surface area contributed by atoms with E-state index in [9.17, 15) is 9.59 Å². The Labute approximate surface area is 153 Å². The Kier molecular flexibility index (Phi) is 4.96. The maximum absolute atomic E-state index is 12.8. The molecule has 0 aromatic heterocycles. The maximum atomic E-state index is 12.8. The Morgan fingerprint density at radius 1 is 1.36 bits per heavy atom. The minimum Gasteiger partial charge on any atom is -0.476 e. The number of rotatable bonds is 3. The molecule has 1 unspecified atom stereocenters. The van der Waals surface area contributed by atoms with E-state index < -0.39 is 5.60 Å². The second kappa shape index (κ2) is 6.87. The highest BCUT2D eigenvalue weighted by atomic mass is 35.5. The number of nitrogens with zero attached hydrogens (tertiary/aromatic N) is 2. The number of hydrogen-bond acceptors (Lipinski definition) is 3. The molecule has 0 bridgehead atoms. The number of ether oxygens (including phenoxy) is 1. The summed E-state index contributed by atoms with van der Waals surface area (Å²) in [6, 6.07) is 5.51. The lowest BCUT2D eigenvalue weighted by molar-refractivity contribution is -0.135. The molecule has 3 rings (SSSR count). The van der Waals surface area contributed by atoms with Gasteiger partial charge in [-0.25, -0.2) is 0 Å². The van der Waals surface area contributed by atoms with Crippen LogP contribution in [0.4, 0.5) is 5.69 Å². The molecule has 0 spiro atoms. The van der Waals surface area contributed by atoms with Crippen LogP contribution >= 0.6 is 11.6 Å². The first kappa shape index (κ1) is 18.1. The summed E-state index contributed by atoms with van der Waals surface area (Å²) in [5, 5.41) is 0.538. The fourth-order valence-electron chi connectivity index (χ4n) is 3.58. The van der Waals surface area contributed by atoms with E-state index in [0.29, 0.717) is 29.4 Å². The van der Waals surface area contributed by atoms with E-state index in [2.05, 4.69) is 6.92 Å². The van der Waals surface area contributed by atoms with E-state index in [1.807, 2.05) is 4.90 Å². The normalized spacial score (nSPS) is 22.4. The van der Waals surface area contributed by atoms with Crippen molar-refractivity contribution < 1.29 is 14.3 Å². The fraction of sp³-hybridized carbons (Fsp3) is 0.579. The summed E-state index contributed by atoms with van der Waals surface area (Å²) in [5.74, 6) is 0.572. The molecule has 136 valence electrons. The summed E-state index contributed by atoms with van der Waals surface area (Å²) in [7, 11) is 0. The molecule has 1 fully saturated rings. The molecule has 25 heavy (non-hydrogen) atoms. The van der Waals surface area contributed by atoms with Crippen molar-refractivity contribution in [2.24, 2.45) is 0 Å². The van der Waals surface area contributed by atoms with E-state index >= 15 is 0 Å². The van der Waals surface area contributed by atoms with Crippen LogP contribution in [0.1, 0.15) is 46.5 Å². The van der Waals surface area contributed by atoms with Gasteiger partial charge in [0.25, 0.3) is 5.91 Å². The van der Waals surface area contributed by atoms with Gasteiger partial charge in [0.15, 0.2) is 5.60 Å². The maximum Gasteiger partial charge on any atom is 0.270 e. The molecule has 0 radical (unpaired) electrons. The van der Waals surface area contributed by atoms with Crippen molar-refractivity contribution >= 4 is 29.1 Å². The van der Waals surface area contributed by atoms with E-state index in [1.165, 1.54) is 6.42 Å². The van der Waals surface area contributed by atoms with Crippen LogP contribution in [0.25, 0.3) is 0 Å². The number of benzene rings is 1. The van der Waals surface area contributed by atoms with Gasteiger partial charge in [0.05, 0.1) is 5.69 Å². The van der Waals surface area contributed by atoms with Crippen molar-refractivity contribution in [3.63, 3.8) is 0 Å². The van der Waals surface area contributed by atoms with Crippen LogP contribution in [-0.2, 0) is 9.59 Å². The predicted molar refractivity (Wildman–Crippen MR) is 98.2 cm³/mol. The molecule has 1 saturated heterocycles. The van der Waals surface area contributed by atoms with E-state index in [-0.39, 0.29) is 17.9 Å². The van der Waals surface area contributed by atoms with Gasteiger partial charge in [0, 0.05) is 30.6 Å². The molecular formula is C19H25ClN2O3. The predicted octanol–water partition coefficient (Wildman–Crippen LogP) is 3.64.